The van der Waals surface area contributed by atoms with Crippen LogP contribution in [0.5, 0.6) is 0 Å². The fourth-order valence-corrected chi connectivity index (χ4v) is 2.48. The van der Waals surface area contributed by atoms with Crippen molar-refractivity contribution in [2.75, 3.05) is 31.1 Å². The molecule has 0 unspecified atom stereocenters. The Kier molecular flexibility index (Phi) is 3.79. The van der Waals surface area contributed by atoms with E-state index in [4.69, 9.17) is 16.0 Å². The van der Waals surface area contributed by atoms with Crippen LogP contribution in [-0.2, 0) is 4.79 Å². The number of hydrogen-bond acceptors (Lipinski definition) is 5. The van der Waals surface area contributed by atoms with Crippen LogP contribution < -0.4 is 4.90 Å². The Morgan fingerprint density at radius 3 is 2.67 bits per heavy atom. The van der Waals surface area contributed by atoms with Crippen LogP contribution in [-0.4, -0.2) is 47.2 Å². The zero-order chi connectivity index (χ0) is 14.8. The topological polar surface area (TPSA) is 62.5 Å². The minimum atomic E-state index is 0.0970. The van der Waals surface area contributed by atoms with E-state index in [9.17, 15) is 4.79 Å². The normalized spacial score (nSPS) is 15.3. The van der Waals surface area contributed by atoms with Gasteiger partial charge in [0.1, 0.15) is 0 Å². The van der Waals surface area contributed by atoms with E-state index < -0.39 is 0 Å². The van der Waals surface area contributed by atoms with E-state index in [1.165, 1.54) is 0 Å². The molecule has 21 heavy (non-hydrogen) atoms. The quantitative estimate of drug-likeness (QED) is 0.850. The Labute approximate surface area is 127 Å². The van der Waals surface area contributed by atoms with Crippen molar-refractivity contribution in [3.8, 4) is 11.5 Å². The zero-order valence-electron chi connectivity index (χ0n) is 11.6. The summed E-state index contributed by atoms with van der Waals surface area (Å²) in [6.07, 6.45) is 0. The number of halogens is 1. The largest absolute Gasteiger partial charge is 0.403 e. The third-order valence-corrected chi connectivity index (χ3v) is 3.72. The third-order valence-electron chi connectivity index (χ3n) is 3.48. The predicted octanol–water partition coefficient (Wildman–Crippen LogP) is 2.06. The van der Waals surface area contributed by atoms with Crippen molar-refractivity contribution < 1.29 is 9.21 Å². The van der Waals surface area contributed by atoms with Crippen LogP contribution in [0.2, 0.25) is 5.02 Å². The fraction of sp³-hybridized carbons (Fsp3) is 0.357. The number of piperazine rings is 1. The number of amides is 1. The summed E-state index contributed by atoms with van der Waals surface area (Å²) in [5.74, 6) is 0.543. The maximum atomic E-state index is 11.3. The maximum Gasteiger partial charge on any atom is 0.318 e. The van der Waals surface area contributed by atoms with Crippen molar-refractivity contribution in [1.29, 1.82) is 0 Å². The number of hydrogen-bond donors (Lipinski definition) is 0. The molecule has 0 bridgehead atoms. The predicted molar refractivity (Wildman–Crippen MR) is 79.2 cm³/mol. The van der Waals surface area contributed by atoms with E-state index in [2.05, 4.69) is 10.2 Å². The summed E-state index contributed by atoms with van der Waals surface area (Å²) in [6, 6.07) is 7.77. The first-order valence-electron chi connectivity index (χ1n) is 6.73. The summed E-state index contributed by atoms with van der Waals surface area (Å²) in [5.41, 5.74) is 0.795. The average molecular weight is 307 g/mol. The molecule has 110 valence electrons. The second-order valence-electron chi connectivity index (χ2n) is 4.89. The molecule has 0 atom stereocenters. The molecule has 1 saturated heterocycles. The van der Waals surface area contributed by atoms with E-state index in [1.807, 2.05) is 21.9 Å². The Hall–Kier alpha value is -2.08. The fourth-order valence-electron chi connectivity index (χ4n) is 2.29. The van der Waals surface area contributed by atoms with Gasteiger partial charge in [-0.05, 0) is 18.2 Å². The van der Waals surface area contributed by atoms with E-state index >= 15 is 0 Å². The Morgan fingerprint density at radius 2 is 2.00 bits per heavy atom. The van der Waals surface area contributed by atoms with Gasteiger partial charge in [0, 0.05) is 43.7 Å². The molecule has 0 aliphatic carbocycles. The molecule has 7 heteroatoms. The number of carbonyl (C=O) groups excluding carboxylic acids is 1. The van der Waals surface area contributed by atoms with Gasteiger partial charge in [0.2, 0.25) is 11.8 Å². The second-order valence-corrected chi connectivity index (χ2v) is 5.33. The van der Waals surface area contributed by atoms with Crippen LogP contribution in [0.3, 0.4) is 0 Å². The highest BCUT2D eigenvalue weighted by Gasteiger charge is 2.22. The lowest BCUT2D eigenvalue weighted by molar-refractivity contribution is -0.129. The van der Waals surface area contributed by atoms with Gasteiger partial charge in [-0.1, -0.05) is 22.8 Å². The van der Waals surface area contributed by atoms with Crippen LogP contribution in [0, 0.1) is 0 Å². The highest BCUT2D eigenvalue weighted by molar-refractivity contribution is 6.30. The van der Waals surface area contributed by atoms with Crippen molar-refractivity contribution in [1.82, 2.24) is 15.1 Å². The Balaban J connectivity index is 1.73. The summed E-state index contributed by atoms with van der Waals surface area (Å²) in [5, 5.41) is 8.77. The molecule has 0 N–H and O–H groups in total. The van der Waals surface area contributed by atoms with Gasteiger partial charge in [0.25, 0.3) is 0 Å². The zero-order valence-corrected chi connectivity index (χ0v) is 12.4. The molecule has 2 aromatic rings. The van der Waals surface area contributed by atoms with E-state index in [0.29, 0.717) is 43.1 Å². The average Bonchev–Trinajstić information content (AvgIpc) is 2.97. The van der Waals surface area contributed by atoms with Gasteiger partial charge in [0.15, 0.2) is 0 Å². The standard InChI is InChI=1S/C14H15ClN4O2/c1-10(20)18-5-7-19(8-6-18)14-17-16-13(21-14)11-3-2-4-12(15)9-11/h2-4,9H,5-8H2,1H3. The molecule has 2 heterocycles. The smallest absolute Gasteiger partial charge is 0.318 e. The molecule has 1 aliphatic heterocycles. The number of aromatic nitrogens is 2. The summed E-state index contributed by atoms with van der Waals surface area (Å²) in [4.78, 5) is 15.1. The summed E-state index contributed by atoms with van der Waals surface area (Å²) >= 11 is 5.96. The van der Waals surface area contributed by atoms with Gasteiger partial charge in [-0.25, -0.2) is 0 Å². The maximum absolute atomic E-state index is 11.3. The van der Waals surface area contributed by atoms with Gasteiger partial charge in [-0.15, -0.1) is 5.10 Å². The molecule has 0 saturated carbocycles. The minimum Gasteiger partial charge on any atom is -0.403 e. The molecule has 1 aromatic carbocycles. The van der Waals surface area contributed by atoms with E-state index in [1.54, 1.807) is 19.1 Å². The van der Waals surface area contributed by atoms with Crippen LogP contribution in [0.15, 0.2) is 28.7 Å². The molecule has 0 spiro atoms. The van der Waals surface area contributed by atoms with Crippen LogP contribution in [0.25, 0.3) is 11.5 Å². The van der Waals surface area contributed by atoms with Crippen LogP contribution in [0.1, 0.15) is 6.92 Å². The molecule has 1 fully saturated rings. The summed E-state index contributed by atoms with van der Waals surface area (Å²) < 4.78 is 5.70. The molecular formula is C14H15ClN4O2. The lowest BCUT2D eigenvalue weighted by atomic mass is 10.2. The van der Waals surface area contributed by atoms with Gasteiger partial charge in [-0.2, -0.15) is 0 Å². The minimum absolute atomic E-state index is 0.0970. The summed E-state index contributed by atoms with van der Waals surface area (Å²) in [6.45, 7) is 4.31. The highest BCUT2D eigenvalue weighted by atomic mass is 35.5. The monoisotopic (exact) mass is 306 g/mol. The summed E-state index contributed by atoms with van der Waals surface area (Å²) in [7, 11) is 0. The first-order valence-corrected chi connectivity index (χ1v) is 7.11. The Morgan fingerprint density at radius 1 is 1.24 bits per heavy atom. The SMILES string of the molecule is CC(=O)N1CCN(c2nnc(-c3cccc(Cl)c3)o2)CC1. The van der Waals surface area contributed by atoms with Crippen LogP contribution >= 0.6 is 11.6 Å². The highest BCUT2D eigenvalue weighted by Crippen LogP contribution is 2.24. The number of rotatable bonds is 2. The van der Waals surface area contributed by atoms with Gasteiger partial charge >= 0.3 is 6.01 Å². The van der Waals surface area contributed by atoms with Crippen molar-refractivity contribution >= 4 is 23.5 Å². The number of benzene rings is 1. The number of anilines is 1. The third kappa shape index (κ3) is 3.00. The van der Waals surface area contributed by atoms with Gasteiger partial charge < -0.3 is 14.2 Å². The van der Waals surface area contributed by atoms with Crippen molar-refractivity contribution in [2.45, 2.75) is 6.92 Å². The molecule has 0 radical (unpaired) electrons. The Bertz CT molecular complexity index is 650. The second kappa shape index (κ2) is 5.73. The lowest BCUT2D eigenvalue weighted by Crippen LogP contribution is -2.48. The molecule has 3 rings (SSSR count). The molecular weight excluding hydrogens is 292 g/mol. The van der Waals surface area contributed by atoms with Gasteiger partial charge in [0.05, 0.1) is 0 Å². The first kappa shape index (κ1) is 13.9. The molecule has 1 aromatic heterocycles. The first-order chi connectivity index (χ1) is 10.1. The van der Waals surface area contributed by atoms with Crippen molar-refractivity contribution in [2.24, 2.45) is 0 Å². The van der Waals surface area contributed by atoms with Crippen LogP contribution in [0.4, 0.5) is 6.01 Å². The number of carbonyl (C=O) groups is 1. The lowest BCUT2D eigenvalue weighted by Gasteiger charge is -2.32. The number of nitrogens with zero attached hydrogens (tertiary/aromatic N) is 4. The molecule has 6 nitrogen and oxygen atoms in total. The van der Waals surface area contributed by atoms with E-state index in [0.717, 1.165) is 5.56 Å². The van der Waals surface area contributed by atoms with E-state index in [-0.39, 0.29) is 5.91 Å². The van der Waals surface area contributed by atoms with Crippen molar-refractivity contribution in [3.63, 3.8) is 0 Å². The molecule has 1 amide bonds. The molecule has 1 aliphatic rings. The van der Waals surface area contributed by atoms with Gasteiger partial charge in [-0.3, -0.25) is 4.79 Å². The van der Waals surface area contributed by atoms with Crippen molar-refractivity contribution in [3.05, 3.63) is 29.3 Å².